The number of nitrogens with zero attached hydrogens (tertiary/aromatic N) is 1. The van der Waals surface area contributed by atoms with Crippen molar-refractivity contribution in [2.45, 2.75) is 20.3 Å². The zero-order valence-corrected chi connectivity index (χ0v) is 15.9. The van der Waals surface area contributed by atoms with Crippen LogP contribution in [0.4, 0.5) is 0 Å². The Morgan fingerprint density at radius 3 is 1.93 bits per heavy atom. The summed E-state index contributed by atoms with van der Waals surface area (Å²) >= 11 is 0. The molecule has 0 bridgehead atoms. The monoisotopic (exact) mass is 352 g/mol. The van der Waals surface area contributed by atoms with Gasteiger partial charge in [0.15, 0.2) is 0 Å². The van der Waals surface area contributed by atoms with Crippen molar-refractivity contribution in [2.24, 2.45) is 10.7 Å². The maximum atomic E-state index is 6.52. The molecule has 0 aromatic heterocycles. The lowest BCUT2D eigenvalue weighted by atomic mass is 9.96. The highest BCUT2D eigenvalue weighted by atomic mass is 14.8. The van der Waals surface area contributed by atoms with E-state index >= 15 is 0 Å². The predicted molar refractivity (Wildman–Crippen MR) is 117 cm³/mol. The van der Waals surface area contributed by atoms with E-state index in [1.54, 1.807) is 0 Å². The molecule has 2 N–H and O–H groups in total. The highest BCUT2D eigenvalue weighted by Crippen LogP contribution is 2.28. The van der Waals surface area contributed by atoms with Crippen LogP contribution in [0.2, 0.25) is 0 Å². The second-order valence-electron chi connectivity index (χ2n) is 7.08. The van der Waals surface area contributed by atoms with Gasteiger partial charge in [-0.05, 0) is 64.6 Å². The van der Waals surface area contributed by atoms with Crippen LogP contribution in [0.3, 0.4) is 0 Å². The van der Waals surface area contributed by atoms with Crippen molar-refractivity contribution in [3.8, 4) is 0 Å². The molecule has 0 unspecified atom stereocenters. The molecule has 0 atom stereocenters. The summed E-state index contributed by atoms with van der Waals surface area (Å²) in [6.45, 7) is 5.01. The number of nitrogens with two attached hydrogens (primary N) is 1. The molecule has 4 rings (SSSR count). The normalized spacial score (nSPS) is 12.0. The molecule has 0 aliphatic heterocycles. The van der Waals surface area contributed by atoms with Gasteiger partial charge in [0.25, 0.3) is 0 Å². The van der Waals surface area contributed by atoms with Crippen molar-refractivity contribution in [2.75, 3.05) is 6.54 Å². The zero-order chi connectivity index (χ0) is 18.8. The fourth-order valence-corrected chi connectivity index (χ4v) is 3.90. The van der Waals surface area contributed by atoms with Crippen LogP contribution in [0.1, 0.15) is 22.3 Å². The van der Waals surface area contributed by atoms with Crippen LogP contribution < -0.4 is 5.73 Å². The molecule has 0 fully saturated rings. The highest BCUT2D eigenvalue weighted by Gasteiger charge is 2.11. The Balaban J connectivity index is 1.75. The van der Waals surface area contributed by atoms with Gasteiger partial charge in [-0.2, -0.15) is 0 Å². The van der Waals surface area contributed by atoms with Crippen molar-refractivity contribution >= 4 is 27.4 Å². The van der Waals surface area contributed by atoms with Crippen LogP contribution in [0.25, 0.3) is 21.5 Å². The van der Waals surface area contributed by atoms with E-state index in [4.69, 9.17) is 10.7 Å². The summed E-state index contributed by atoms with van der Waals surface area (Å²) in [5.74, 6) is 0.620. The minimum Gasteiger partial charge on any atom is -0.383 e. The first-order valence-electron chi connectivity index (χ1n) is 9.41. The molecule has 0 aliphatic carbocycles. The number of fused-ring (bicyclic) bond motifs is 2. The van der Waals surface area contributed by atoms with Crippen molar-refractivity contribution in [3.05, 3.63) is 95.1 Å². The van der Waals surface area contributed by atoms with E-state index in [0.717, 1.165) is 22.8 Å². The van der Waals surface area contributed by atoms with Crippen LogP contribution in [0.5, 0.6) is 0 Å². The number of hydrogen-bond acceptors (Lipinski definition) is 1. The average Bonchev–Trinajstić information content (AvgIpc) is 2.68. The third-order valence-corrected chi connectivity index (χ3v) is 5.32. The first kappa shape index (κ1) is 17.3. The van der Waals surface area contributed by atoms with Crippen LogP contribution in [-0.2, 0) is 6.42 Å². The van der Waals surface area contributed by atoms with Crippen LogP contribution in [0.15, 0.2) is 77.8 Å². The fraction of sp³-hybridized carbons (Fsp3) is 0.160. The third kappa shape index (κ3) is 3.31. The molecule has 4 aromatic rings. The van der Waals surface area contributed by atoms with E-state index in [0.29, 0.717) is 12.4 Å². The lowest BCUT2D eigenvalue weighted by Crippen LogP contribution is -2.16. The molecule has 134 valence electrons. The summed E-state index contributed by atoms with van der Waals surface area (Å²) in [7, 11) is 0. The average molecular weight is 352 g/mol. The molecular weight excluding hydrogens is 328 g/mol. The van der Waals surface area contributed by atoms with Crippen molar-refractivity contribution in [1.82, 2.24) is 0 Å². The van der Waals surface area contributed by atoms with Crippen LogP contribution in [-0.4, -0.2) is 12.4 Å². The SMILES string of the molecule is Cc1cccc(C)c1CCN=C(N)c1c2ccccc2cc2ccccc12. The second-order valence-corrected chi connectivity index (χ2v) is 7.08. The number of aliphatic imine (C=N–C) groups is 1. The molecule has 0 aliphatic rings. The molecule has 27 heavy (non-hydrogen) atoms. The molecule has 0 amide bonds. The van der Waals surface area contributed by atoms with Gasteiger partial charge in [0.05, 0.1) is 0 Å². The number of hydrogen-bond donors (Lipinski definition) is 1. The lowest BCUT2D eigenvalue weighted by molar-refractivity contribution is 0.945. The Morgan fingerprint density at radius 2 is 1.33 bits per heavy atom. The molecule has 0 saturated carbocycles. The maximum Gasteiger partial charge on any atom is 0.126 e. The van der Waals surface area contributed by atoms with Gasteiger partial charge >= 0.3 is 0 Å². The van der Waals surface area contributed by atoms with Gasteiger partial charge in [0, 0.05) is 12.1 Å². The molecule has 2 heteroatoms. The minimum atomic E-state index is 0.620. The van der Waals surface area contributed by atoms with E-state index in [1.165, 1.54) is 27.5 Å². The van der Waals surface area contributed by atoms with Gasteiger partial charge < -0.3 is 5.73 Å². The second kappa shape index (κ2) is 7.24. The standard InChI is InChI=1S/C25H24N2/c1-17-8-7-9-18(2)21(17)14-15-27-25(26)24-22-12-5-3-10-19(22)16-20-11-4-6-13-23(20)24/h3-13,16H,14-15H2,1-2H3,(H2,26,27). The van der Waals surface area contributed by atoms with Crippen LogP contribution >= 0.6 is 0 Å². The fourth-order valence-electron chi connectivity index (χ4n) is 3.90. The summed E-state index contributed by atoms with van der Waals surface area (Å²) < 4.78 is 0. The maximum absolute atomic E-state index is 6.52. The van der Waals surface area contributed by atoms with E-state index in [2.05, 4.69) is 86.6 Å². The van der Waals surface area contributed by atoms with Crippen LogP contribution in [0, 0.1) is 13.8 Å². The molecule has 0 spiro atoms. The third-order valence-electron chi connectivity index (χ3n) is 5.32. The molecule has 0 heterocycles. The van der Waals surface area contributed by atoms with E-state index in [-0.39, 0.29) is 0 Å². The Labute approximate surface area is 160 Å². The molecule has 4 aromatic carbocycles. The van der Waals surface area contributed by atoms with E-state index in [9.17, 15) is 0 Å². The first-order valence-corrected chi connectivity index (χ1v) is 9.41. The van der Waals surface area contributed by atoms with Gasteiger partial charge in [-0.1, -0.05) is 66.7 Å². The van der Waals surface area contributed by atoms with Crippen molar-refractivity contribution in [3.63, 3.8) is 0 Å². The van der Waals surface area contributed by atoms with Gasteiger partial charge in [-0.25, -0.2) is 0 Å². The van der Waals surface area contributed by atoms with E-state index < -0.39 is 0 Å². The van der Waals surface area contributed by atoms with Crippen molar-refractivity contribution < 1.29 is 0 Å². The molecule has 0 radical (unpaired) electrons. The highest BCUT2D eigenvalue weighted by molar-refractivity contribution is 6.19. The Bertz CT molecular complexity index is 1080. The number of benzene rings is 4. The van der Waals surface area contributed by atoms with E-state index in [1.807, 2.05) is 0 Å². The summed E-state index contributed by atoms with van der Waals surface area (Å²) in [5.41, 5.74) is 11.6. The van der Waals surface area contributed by atoms with Gasteiger partial charge in [0.1, 0.15) is 5.84 Å². The number of rotatable bonds is 4. The summed E-state index contributed by atoms with van der Waals surface area (Å²) in [5, 5.41) is 4.70. The summed E-state index contributed by atoms with van der Waals surface area (Å²) in [4.78, 5) is 4.77. The minimum absolute atomic E-state index is 0.620. The lowest BCUT2D eigenvalue weighted by Gasteiger charge is -2.12. The largest absolute Gasteiger partial charge is 0.383 e. The van der Waals surface area contributed by atoms with Gasteiger partial charge in [0.2, 0.25) is 0 Å². The smallest absolute Gasteiger partial charge is 0.126 e. The number of amidine groups is 1. The molecular formula is C25H24N2. The van der Waals surface area contributed by atoms with Gasteiger partial charge in [-0.15, -0.1) is 0 Å². The Morgan fingerprint density at radius 1 is 0.778 bits per heavy atom. The summed E-state index contributed by atoms with van der Waals surface area (Å²) in [6, 6.07) is 25.4. The quantitative estimate of drug-likeness (QED) is 0.291. The predicted octanol–water partition coefficient (Wildman–Crippen LogP) is 5.56. The number of aryl methyl sites for hydroxylation is 2. The topological polar surface area (TPSA) is 38.4 Å². The first-order chi connectivity index (χ1) is 13.1. The molecule has 2 nitrogen and oxygen atoms in total. The van der Waals surface area contributed by atoms with Gasteiger partial charge in [-0.3, -0.25) is 4.99 Å². The Hall–Kier alpha value is -3.13. The van der Waals surface area contributed by atoms with Crippen molar-refractivity contribution in [1.29, 1.82) is 0 Å². The zero-order valence-electron chi connectivity index (χ0n) is 15.9. The Kier molecular flexibility index (Phi) is 4.64. The molecule has 0 saturated heterocycles. The summed E-state index contributed by atoms with van der Waals surface area (Å²) in [6.07, 6.45) is 0.905.